The lowest BCUT2D eigenvalue weighted by molar-refractivity contribution is -0.145. The molecular formula is C13H18BrNO2. The molecule has 1 aromatic rings. The van der Waals surface area contributed by atoms with Crippen molar-refractivity contribution in [1.82, 2.24) is 5.32 Å². The van der Waals surface area contributed by atoms with Crippen LogP contribution in [0.1, 0.15) is 31.9 Å². The zero-order valence-corrected chi connectivity index (χ0v) is 11.8. The molecule has 0 aliphatic rings. The summed E-state index contributed by atoms with van der Waals surface area (Å²) in [6.07, 6.45) is 0.976. The van der Waals surface area contributed by atoms with E-state index < -0.39 is 0 Å². The van der Waals surface area contributed by atoms with E-state index in [1.165, 1.54) is 0 Å². The smallest absolute Gasteiger partial charge is 0.327 e. The average molecular weight is 300 g/mol. The molecule has 0 saturated heterocycles. The summed E-state index contributed by atoms with van der Waals surface area (Å²) < 4.78 is 6.04. The molecule has 1 rings (SSSR count). The van der Waals surface area contributed by atoms with Crippen molar-refractivity contribution in [3.05, 3.63) is 34.3 Å². The van der Waals surface area contributed by atoms with Gasteiger partial charge in [-0.25, -0.2) is 4.79 Å². The van der Waals surface area contributed by atoms with Crippen LogP contribution in [0.2, 0.25) is 0 Å². The molecule has 0 bridgehead atoms. The van der Waals surface area contributed by atoms with Gasteiger partial charge in [0.05, 0.1) is 6.61 Å². The maximum atomic E-state index is 11.9. The van der Waals surface area contributed by atoms with Gasteiger partial charge in [0.25, 0.3) is 0 Å². The van der Waals surface area contributed by atoms with E-state index in [1.54, 1.807) is 0 Å². The molecule has 0 aliphatic heterocycles. The van der Waals surface area contributed by atoms with E-state index in [4.69, 9.17) is 4.74 Å². The van der Waals surface area contributed by atoms with E-state index >= 15 is 0 Å². The number of hydrogen-bond acceptors (Lipinski definition) is 3. The molecule has 0 heterocycles. The summed E-state index contributed by atoms with van der Waals surface area (Å²) in [5, 5.41) is 3.20. The van der Waals surface area contributed by atoms with Gasteiger partial charge >= 0.3 is 5.97 Å². The number of carbonyl (C=O) groups excluding carboxylic acids is 1. The van der Waals surface area contributed by atoms with Crippen LogP contribution in [-0.2, 0) is 9.53 Å². The normalized spacial score (nSPS) is 12.2. The van der Waals surface area contributed by atoms with E-state index in [2.05, 4.69) is 28.2 Å². The Labute approximate surface area is 111 Å². The molecule has 0 spiro atoms. The zero-order chi connectivity index (χ0) is 12.7. The predicted octanol–water partition coefficient (Wildman–Crippen LogP) is 3.05. The maximum absolute atomic E-state index is 11.9. The van der Waals surface area contributed by atoms with Gasteiger partial charge in [0.15, 0.2) is 0 Å². The van der Waals surface area contributed by atoms with Gasteiger partial charge in [0.2, 0.25) is 0 Å². The largest absolute Gasteiger partial charge is 0.465 e. The van der Waals surface area contributed by atoms with Gasteiger partial charge in [0, 0.05) is 4.47 Å². The predicted molar refractivity (Wildman–Crippen MR) is 71.8 cm³/mol. The third kappa shape index (κ3) is 4.48. The van der Waals surface area contributed by atoms with Crippen LogP contribution in [0.25, 0.3) is 0 Å². The van der Waals surface area contributed by atoms with Gasteiger partial charge in [-0.1, -0.05) is 35.0 Å². The number of rotatable bonds is 6. The van der Waals surface area contributed by atoms with Crippen LogP contribution in [0.15, 0.2) is 28.7 Å². The lowest BCUT2D eigenvalue weighted by Gasteiger charge is -2.17. The molecular weight excluding hydrogens is 282 g/mol. The van der Waals surface area contributed by atoms with Crippen LogP contribution < -0.4 is 5.32 Å². The van der Waals surface area contributed by atoms with Crippen molar-refractivity contribution in [2.45, 2.75) is 26.3 Å². The summed E-state index contributed by atoms with van der Waals surface area (Å²) in [5.41, 5.74) is 0.922. The van der Waals surface area contributed by atoms with Crippen LogP contribution in [0.3, 0.4) is 0 Å². The van der Waals surface area contributed by atoms with Crippen LogP contribution in [0.5, 0.6) is 0 Å². The number of esters is 1. The van der Waals surface area contributed by atoms with Crippen LogP contribution >= 0.6 is 15.9 Å². The number of ether oxygens (including phenoxy) is 1. The Balaban J connectivity index is 2.85. The van der Waals surface area contributed by atoms with Gasteiger partial charge in [-0.2, -0.15) is 0 Å². The molecule has 0 radical (unpaired) electrons. The third-order valence-corrected chi connectivity index (χ3v) is 2.80. The fraction of sp³-hybridized carbons (Fsp3) is 0.462. The highest BCUT2D eigenvalue weighted by atomic mass is 79.9. The van der Waals surface area contributed by atoms with Gasteiger partial charge in [-0.15, -0.1) is 0 Å². The van der Waals surface area contributed by atoms with Gasteiger partial charge < -0.3 is 10.1 Å². The molecule has 3 nitrogen and oxygen atoms in total. The summed E-state index contributed by atoms with van der Waals surface area (Å²) in [5.74, 6) is -0.223. The molecule has 17 heavy (non-hydrogen) atoms. The topological polar surface area (TPSA) is 38.3 Å². The highest BCUT2D eigenvalue weighted by molar-refractivity contribution is 9.10. The summed E-state index contributed by atoms with van der Waals surface area (Å²) in [6.45, 7) is 5.07. The lowest BCUT2D eigenvalue weighted by Crippen LogP contribution is -2.30. The number of halogens is 1. The molecule has 1 unspecified atom stereocenters. The molecule has 0 aromatic heterocycles. The highest BCUT2D eigenvalue weighted by Crippen LogP contribution is 2.19. The number of benzene rings is 1. The molecule has 0 saturated carbocycles. The second-order valence-electron chi connectivity index (χ2n) is 3.69. The maximum Gasteiger partial charge on any atom is 0.327 e. The minimum Gasteiger partial charge on any atom is -0.465 e. The van der Waals surface area contributed by atoms with Crippen LogP contribution in [0, 0.1) is 0 Å². The minimum atomic E-state index is -0.382. The van der Waals surface area contributed by atoms with Crippen LogP contribution in [-0.4, -0.2) is 19.1 Å². The van der Waals surface area contributed by atoms with E-state index in [1.807, 2.05) is 31.2 Å². The first-order valence-corrected chi connectivity index (χ1v) is 6.63. The molecule has 0 fully saturated rings. The van der Waals surface area contributed by atoms with Crippen molar-refractivity contribution in [3.8, 4) is 0 Å². The summed E-state index contributed by atoms with van der Waals surface area (Å²) in [7, 11) is 0. The van der Waals surface area contributed by atoms with E-state index in [-0.39, 0.29) is 12.0 Å². The van der Waals surface area contributed by atoms with Gasteiger partial charge in [-0.3, -0.25) is 0 Å². The Morgan fingerprint density at radius 3 is 2.82 bits per heavy atom. The van der Waals surface area contributed by atoms with E-state index in [9.17, 15) is 4.79 Å². The Hall–Kier alpha value is -0.870. The number of nitrogens with one attached hydrogen (secondary N) is 1. The molecule has 94 valence electrons. The molecule has 1 atom stereocenters. The number of carbonyl (C=O) groups is 1. The quantitative estimate of drug-likeness (QED) is 0.821. The van der Waals surface area contributed by atoms with Crippen molar-refractivity contribution in [3.63, 3.8) is 0 Å². The monoisotopic (exact) mass is 299 g/mol. The van der Waals surface area contributed by atoms with Crippen molar-refractivity contribution in [1.29, 1.82) is 0 Å². The second-order valence-corrected chi connectivity index (χ2v) is 4.61. The van der Waals surface area contributed by atoms with Crippen LogP contribution in [0.4, 0.5) is 0 Å². The third-order valence-electron chi connectivity index (χ3n) is 2.30. The summed E-state index contributed by atoms with van der Waals surface area (Å²) >= 11 is 3.41. The van der Waals surface area contributed by atoms with Crippen molar-refractivity contribution in [2.24, 2.45) is 0 Å². The van der Waals surface area contributed by atoms with Gasteiger partial charge in [-0.05, 0) is 37.6 Å². The van der Waals surface area contributed by atoms with E-state index in [0.29, 0.717) is 6.61 Å². The molecule has 1 N–H and O–H groups in total. The Morgan fingerprint density at radius 2 is 2.24 bits per heavy atom. The lowest BCUT2D eigenvalue weighted by atomic mass is 10.1. The summed E-state index contributed by atoms with van der Waals surface area (Å²) in [4.78, 5) is 11.9. The van der Waals surface area contributed by atoms with Gasteiger partial charge in [0.1, 0.15) is 6.04 Å². The fourth-order valence-electron chi connectivity index (χ4n) is 1.54. The first-order valence-electron chi connectivity index (χ1n) is 5.84. The Morgan fingerprint density at radius 1 is 1.47 bits per heavy atom. The second kappa shape index (κ2) is 7.45. The Bertz CT molecular complexity index is 368. The summed E-state index contributed by atoms with van der Waals surface area (Å²) in [6, 6.07) is 7.33. The minimum absolute atomic E-state index is 0.223. The molecule has 0 amide bonds. The SMILES string of the molecule is CCCNC(C(=O)OCC)c1cccc(Br)c1. The van der Waals surface area contributed by atoms with E-state index in [0.717, 1.165) is 23.0 Å². The van der Waals surface area contributed by atoms with Crippen molar-refractivity contribution >= 4 is 21.9 Å². The fourth-order valence-corrected chi connectivity index (χ4v) is 1.95. The first kappa shape index (κ1) is 14.2. The standard InChI is InChI=1S/C13H18BrNO2/c1-3-8-15-12(13(16)17-4-2)10-6-5-7-11(14)9-10/h5-7,9,12,15H,3-4,8H2,1-2H3. The van der Waals surface area contributed by atoms with Crippen molar-refractivity contribution < 1.29 is 9.53 Å². The van der Waals surface area contributed by atoms with Crippen molar-refractivity contribution in [2.75, 3.05) is 13.2 Å². The number of hydrogen-bond donors (Lipinski definition) is 1. The Kier molecular flexibility index (Phi) is 6.22. The molecule has 1 aromatic carbocycles. The molecule has 0 aliphatic carbocycles. The highest BCUT2D eigenvalue weighted by Gasteiger charge is 2.20. The first-order chi connectivity index (χ1) is 8.19. The zero-order valence-electron chi connectivity index (χ0n) is 10.2. The average Bonchev–Trinajstić information content (AvgIpc) is 2.30. The molecule has 4 heteroatoms.